The van der Waals surface area contributed by atoms with E-state index in [-0.39, 0.29) is 37.2 Å². The Balaban J connectivity index is 1.99. The number of ether oxygens (including phenoxy) is 2. The predicted octanol–water partition coefficient (Wildman–Crippen LogP) is 1.90. The molecule has 8 heteroatoms. The van der Waals surface area contributed by atoms with Crippen molar-refractivity contribution in [3.8, 4) is 0 Å². The molecule has 2 bridgehead atoms. The summed E-state index contributed by atoms with van der Waals surface area (Å²) in [5, 5.41) is 9.23. The summed E-state index contributed by atoms with van der Waals surface area (Å²) in [6, 6.07) is -0.780. The van der Waals surface area contributed by atoms with Gasteiger partial charge in [0, 0.05) is 25.7 Å². The van der Waals surface area contributed by atoms with Crippen LogP contribution in [0.15, 0.2) is 12.7 Å². The highest BCUT2D eigenvalue weighted by Crippen LogP contribution is 2.58. The Morgan fingerprint density at radius 1 is 1.41 bits per heavy atom. The van der Waals surface area contributed by atoms with Gasteiger partial charge in [0.15, 0.2) is 0 Å². The highest BCUT2D eigenvalue weighted by atomic mass is 16.6. The first kappa shape index (κ1) is 24.7. The van der Waals surface area contributed by atoms with Crippen LogP contribution in [0.3, 0.4) is 0 Å². The van der Waals surface area contributed by atoms with Gasteiger partial charge in [-0.25, -0.2) is 0 Å². The fourth-order valence-electron chi connectivity index (χ4n) is 5.93. The molecule has 1 N–H and O–H groups in total. The van der Waals surface area contributed by atoms with Crippen LogP contribution >= 0.6 is 0 Å². The summed E-state index contributed by atoms with van der Waals surface area (Å²) in [6.45, 7) is 10.7. The Labute approximate surface area is 190 Å². The first-order valence-corrected chi connectivity index (χ1v) is 12.0. The number of hydrogen-bond donors (Lipinski definition) is 1. The number of nitrogens with zero attached hydrogens (tertiary/aromatic N) is 2. The molecule has 180 valence electrons. The Morgan fingerprint density at radius 3 is 2.78 bits per heavy atom. The second kappa shape index (κ2) is 10.3. The average Bonchev–Trinajstić information content (AvgIpc) is 3.40. The van der Waals surface area contributed by atoms with Crippen LogP contribution in [0.25, 0.3) is 0 Å². The molecule has 8 nitrogen and oxygen atoms in total. The highest BCUT2D eigenvalue weighted by molar-refractivity contribution is 5.98. The predicted molar refractivity (Wildman–Crippen MR) is 119 cm³/mol. The molecular weight excluding hydrogens is 412 g/mol. The Bertz CT molecular complexity index is 727. The molecular formula is C24H38N2O6. The maximum Gasteiger partial charge on any atom is 0.312 e. The third-order valence-electron chi connectivity index (χ3n) is 7.25. The standard InChI is InChI=1S/C24H38N2O6/c1-5-10-16(4)25(13-6-2)22(29)20-24-12-11-17(32-24)18(23(30)31-7-3)19(24)21(28)26(20)14-8-9-15-27/h6,16-20,27H,2,5,7-15H2,1,3-4H3/t16?,17-,18+,19+,20-,24+/m1/s1. The van der Waals surface area contributed by atoms with Crippen LogP contribution in [-0.2, 0) is 23.9 Å². The minimum absolute atomic E-state index is 0.00481. The topological polar surface area (TPSA) is 96.4 Å². The summed E-state index contributed by atoms with van der Waals surface area (Å²) in [7, 11) is 0. The largest absolute Gasteiger partial charge is 0.466 e. The van der Waals surface area contributed by atoms with Gasteiger partial charge in [-0.15, -0.1) is 6.58 Å². The van der Waals surface area contributed by atoms with Crippen molar-refractivity contribution >= 4 is 17.8 Å². The Hall–Kier alpha value is -1.93. The van der Waals surface area contributed by atoms with Crippen LogP contribution < -0.4 is 0 Å². The number of fused-ring (bicyclic) bond motifs is 1. The van der Waals surface area contributed by atoms with Crippen LogP contribution in [0.1, 0.15) is 59.3 Å². The maximum atomic E-state index is 14.0. The van der Waals surface area contributed by atoms with Crippen molar-refractivity contribution in [2.75, 3.05) is 26.3 Å². The van der Waals surface area contributed by atoms with E-state index in [2.05, 4.69) is 13.5 Å². The maximum absolute atomic E-state index is 14.0. The lowest BCUT2D eigenvalue weighted by molar-refractivity contribution is -0.155. The third-order valence-corrected chi connectivity index (χ3v) is 7.25. The lowest BCUT2D eigenvalue weighted by atomic mass is 9.70. The van der Waals surface area contributed by atoms with Crippen molar-refractivity contribution in [3.05, 3.63) is 12.7 Å². The van der Waals surface area contributed by atoms with Gasteiger partial charge in [0.25, 0.3) is 0 Å². The quantitative estimate of drug-likeness (QED) is 0.277. The van der Waals surface area contributed by atoms with Gasteiger partial charge < -0.3 is 24.4 Å². The van der Waals surface area contributed by atoms with Crippen molar-refractivity contribution in [1.82, 2.24) is 9.80 Å². The van der Waals surface area contributed by atoms with Gasteiger partial charge in [-0.3, -0.25) is 14.4 Å². The van der Waals surface area contributed by atoms with E-state index in [1.165, 1.54) is 0 Å². The van der Waals surface area contributed by atoms with E-state index < -0.39 is 29.4 Å². The van der Waals surface area contributed by atoms with Gasteiger partial charge in [0.05, 0.1) is 24.5 Å². The molecule has 3 aliphatic heterocycles. The highest BCUT2D eigenvalue weighted by Gasteiger charge is 2.75. The zero-order valence-electron chi connectivity index (χ0n) is 19.6. The number of carbonyl (C=O) groups is 3. The number of esters is 1. The molecule has 0 saturated carbocycles. The van der Waals surface area contributed by atoms with E-state index in [0.29, 0.717) is 38.8 Å². The number of likely N-dealkylation sites (tertiary alicyclic amines) is 1. The normalized spacial score (nSPS) is 31.5. The number of aliphatic hydroxyl groups is 1. The molecule has 1 unspecified atom stereocenters. The number of unbranched alkanes of at least 4 members (excludes halogenated alkanes) is 1. The SMILES string of the molecule is C=CCN(C(=O)[C@H]1N(CCCCO)C(=O)[C@@H]2[C@@H](C(=O)OCC)[C@H]3CC[C@]21O3)C(C)CCC. The molecule has 3 rings (SSSR count). The van der Waals surface area contributed by atoms with Crippen molar-refractivity contribution in [3.63, 3.8) is 0 Å². The van der Waals surface area contributed by atoms with Crippen LogP contribution in [-0.4, -0.2) is 82.8 Å². The summed E-state index contributed by atoms with van der Waals surface area (Å²) in [5.74, 6) is -2.13. The molecule has 3 aliphatic rings. The molecule has 6 atom stereocenters. The monoisotopic (exact) mass is 450 g/mol. The summed E-state index contributed by atoms with van der Waals surface area (Å²) in [6.07, 6.45) is 5.41. The molecule has 32 heavy (non-hydrogen) atoms. The lowest BCUT2D eigenvalue weighted by Gasteiger charge is -2.39. The summed E-state index contributed by atoms with van der Waals surface area (Å²) in [5.41, 5.74) is -0.999. The molecule has 3 fully saturated rings. The van der Waals surface area contributed by atoms with Gasteiger partial charge in [0.2, 0.25) is 11.8 Å². The lowest BCUT2D eigenvalue weighted by Crippen LogP contribution is -2.57. The van der Waals surface area contributed by atoms with E-state index in [1.807, 2.05) is 6.92 Å². The molecule has 1 spiro atoms. The van der Waals surface area contributed by atoms with Crippen molar-refractivity contribution < 1.29 is 29.0 Å². The molecule has 0 radical (unpaired) electrons. The van der Waals surface area contributed by atoms with Crippen molar-refractivity contribution in [2.45, 2.75) is 83.1 Å². The summed E-state index contributed by atoms with van der Waals surface area (Å²) in [4.78, 5) is 43.9. The molecule has 3 saturated heterocycles. The molecule has 0 aromatic carbocycles. The molecule has 3 heterocycles. The van der Waals surface area contributed by atoms with Gasteiger partial charge in [-0.2, -0.15) is 0 Å². The minimum atomic E-state index is -0.999. The summed E-state index contributed by atoms with van der Waals surface area (Å²) < 4.78 is 11.7. The molecule has 0 aromatic rings. The Morgan fingerprint density at radius 2 is 2.16 bits per heavy atom. The van der Waals surface area contributed by atoms with Gasteiger partial charge in [0.1, 0.15) is 11.6 Å². The van der Waals surface area contributed by atoms with Crippen molar-refractivity contribution in [1.29, 1.82) is 0 Å². The zero-order valence-corrected chi connectivity index (χ0v) is 19.6. The minimum Gasteiger partial charge on any atom is -0.466 e. The summed E-state index contributed by atoms with van der Waals surface area (Å²) >= 11 is 0. The van der Waals surface area contributed by atoms with E-state index in [1.54, 1.807) is 22.8 Å². The average molecular weight is 451 g/mol. The van der Waals surface area contributed by atoms with E-state index in [9.17, 15) is 19.5 Å². The number of rotatable bonds is 12. The molecule has 2 amide bonds. The first-order valence-electron chi connectivity index (χ1n) is 12.0. The van der Waals surface area contributed by atoms with E-state index in [0.717, 1.165) is 12.8 Å². The number of aliphatic hydroxyl groups excluding tert-OH is 1. The zero-order chi connectivity index (χ0) is 23.5. The van der Waals surface area contributed by atoms with Crippen LogP contribution in [0.2, 0.25) is 0 Å². The van der Waals surface area contributed by atoms with E-state index >= 15 is 0 Å². The van der Waals surface area contributed by atoms with Crippen LogP contribution in [0, 0.1) is 11.8 Å². The van der Waals surface area contributed by atoms with Gasteiger partial charge >= 0.3 is 5.97 Å². The second-order valence-corrected chi connectivity index (χ2v) is 9.19. The first-order chi connectivity index (χ1) is 15.4. The smallest absolute Gasteiger partial charge is 0.312 e. The fraction of sp³-hybridized carbons (Fsp3) is 0.792. The number of hydrogen-bond acceptors (Lipinski definition) is 6. The van der Waals surface area contributed by atoms with Gasteiger partial charge in [-0.1, -0.05) is 19.4 Å². The second-order valence-electron chi connectivity index (χ2n) is 9.19. The number of carbonyl (C=O) groups excluding carboxylic acids is 3. The Kier molecular flexibility index (Phi) is 7.98. The molecule has 0 aromatic heterocycles. The fourth-order valence-corrected chi connectivity index (χ4v) is 5.93. The van der Waals surface area contributed by atoms with Crippen molar-refractivity contribution in [2.24, 2.45) is 11.8 Å². The third kappa shape index (κ3) is 4.07. The number of amides is 2. The van der Waals surface area contributed by atoms with Gasteiger partial charge in [-0.05, 0) is 46.0 Å². The molecule has 0 aliphatic carbocycles. The van der Waals surface area contributed by atoms with E-state index in [4.69, 9.17) is 9.47 Å². The van der Waals surface area contributed by atoms with Crippen LogP contribution in [0.5, 0.6) is 0 Å². The van der Waals surface area contributed by atoms with Crippen LogP contribution in [0.4, 0.5) is 0 Å².